The molecule has 0 aliphatic carbocycles. The molecule has 166 valence electrons. The average molecular weight is 433 g/mol. The number of carbonyl (C=O) groups is 3. The van der Waals surface area contributed by atoms with E-state index in [2.05, 4.69) is 5.32 Å². The number of amides is 1. The Labute approximate surface area is 179 Å². The molecule has 2 rings (SSSR count). The summed E-state index contributed by atoms with van der Waals surface area (Å²) in [5.74, 6) is -1.87. The van der Waals surface area contributed by atoms with Crippen molar-refractivity contribution in [2.24, 2.45) is 0 Å². The van der Waals surface area contributed by atoms with Crippen LogP contribution in [0.4, 0.5) is 10.1 Å². The highest BCUT2D eigenvalue weighted by molar-refractivity contribution is 5.92. The minimum absolute atomic E-state index is 0.128. The van der Waals surface area contributed by atoms with E-state index in [4.69, 9.17) is 18.9 Å². The number of anilines is 1. The van der Waals surface area contributed by atoms with Crippen LogP contribution in [0.1, 0.15) is 31.1 Å². The highest BCUT2D eigenvalue weighted by Crippen LogP contribution is 2.28. The number of ether oxygens (including phenoxy) is 4. The topological polar surface area (TPSA) is 100 Å². The molecule has 0 spiro atoms. The molecule has 8 nitrogen and oxygen atoms in total. The zero-order valence-electron chi connectivity index (χ0n) is 17.7. The van der Waals surface area contributed by atoms with Crippen molar-refractivity contribution in [1.82, 2.24) is 0 Å². The number of nitrogens with one attached hydrogen (secondary N) is 1. The van der Waals surface area contributed by atoms with E-state index >= 15 is 0 Å². The fourth-order valence-corrected chi connectivity index (χ4v) is 2.37. The summed E-state index contributed by atoms with van der Waals surface area (Å²) in [4.78, 5) is 35.8. The number of hydrogen-bond donors (Lipinski definition) is 1. The zero-order chi connectivity index (χ0) is 23.0. The smallest absolute Gasteiger partial charge is 0.344 e. The van der Waals surface area contributed by atoms with Crippen molar-refractivity contribution < 1.29 is 37.7 Å². The lowest BCUT2D eigenvalue weighted by molar-refractivity contribution is -0.158. The van der Waals surface area contributed by atoms with E-state index in [1.54, 1.807) is 20.8 Å². The summed E-state index contributed by atoms with van der Waals surface area (Å²) in [5.41, 5.74) is -0.136. The van der Waals surface area contributed by atoms with Gasteiger partial charge in [0.05, 0.1) is 12.7 Å². The fraction of sp³-hybridized carbons (Fsp3) is 0.318. The summed E-state index contributed by atoms with van der Waals surface area (Å²) >= 11 is 0. The largest absolute Gasteiger partial charge is 0.493 e. The minimum atomic E-state index is -0.746. The zero-order valence-corrected chi connectivity index (χ0v) is 17.7. The van der Waals surface area contributed by atoms with Gasteiger partial charge in [0.15, 0.2) is 24.7 Å². The summed E-state index contributed by atoms with van der Waals surface area (Å²) in [7, 11) is 1.37. The van der Waals surface area contributed by atoms with Crippen molar-refractivity contribution in [2.75, 3.05) is 25.6 Å². The molecular formula is C22H24FNO7. The lowest BCUT2D eigenvalue weighted by atomic mass is 10.2. The van der Waals surface area contributed by atoms with E-state index in [1.165, 1.54) is 49.6 Å². The van der Waals surface area contributed by atoms with E-state index in [0.29, 0.717) is 5.69 Å². The van der Waals surface area contributed by atoms with Crippen LogP contribution in [0.25, 0.3) is 0 Å². The van der Waals surface area contributed by atoms with Crippen molar-refractivity contribution >= 4 is 23.5 Å². The van der Waals surface area contributed by atoms with E-state index < -0.39 is 35.9 Å². The number of halogens is 1. The molecule has 9 heteroatoms. The maximum Gasteiger partial charge on any atom is 0.344 e. The predicted octanol–water partition coefficient (Wildman–Crippen LogP) is 3.35. The van der Waals surface area contributed by atoms with Crippen LogP contribution in [0.2, 0.25) is 0 Å². The van der Waals surface area contributed by atoms with Gasteiger partial charge in [-0.1, -0.05) is 0 Å². The van der Waals surface area contributed by atoms with Gasteiger partial charge in [-0.25, -0.2) is 14.0 Å². The third kappa shape index (κ3) is 7.96. The first-order valence-corrected chi connectivity index (χ1v) is 9.32. The van der Waals surface area contributed by atoms with Crippen molar-refractivity contribution in [3.8, 4) is 11.5 Å². The molecule has 0 aliphatic rings. The van der Waals surface area contributed by atoms with E-state index in [9.17, 15) is 18.8 Å². The second-order valence-corrected chi connectivity index (χ2v) is 7.37. The van der Waals surface area contributed by atoms with Gasteiger partial charge in [-0.15, -0.1) is 0 Å². The quantitative estimate of drug-likeness (QED) is 0.637. The Morgan fingerprint density at radius 1 is 0.968 bits per heavy atom. The summed E-state index contributed by atoms with van der Waals surface area (Å²) < 4.78 is 33.6. The molecular weight excluding hydrogens is 409 g/mol. The lowest BCUT2D eigenvalue weighted by Gasteiger charge is -2.19. The van der Waals surface area contributed by atoms with Crippen molar-refractivity contribution in [3.63, 3.8) is 0 Å². The molecule has 0 aliphatic heterocycles. The molecule has 0 unspecified atom stereocenters. The average Bonchev–Trinajstić information content (AvgIpc) is 2.70. The first-order chi connectivity index (χ1) is 14.6. The molecule has 0 saturated heterocycles. The minimum Gasteiger partial charge on any atom is -0.493 e. The maximum atomic E-state index is 12.9. The van der Waals surface area contributed by atoms with Crippen LogP contribution in [0, 0.1) is 5.82 Å². The number of rotatable bonds is 8. The SMILES string of the molecule is COc1cc(C(=O)OCC(=O)OC(C)(C)C)ccc1OCC(=O)Nc1ccc(F)cc1. The molecule has 2 aromatic rings. The van der Waals surface area contributed by atoms with Crippen molar-refractivity contribution in [3.05, 3.63) is 53.8 Å². The molecule has 0 fully saturated rings. The number of carbonyl (C=O) groups excluding carboxylic acids is 3. The first-order valence-electron chi connectivity index (χ1n) is 9.32. The summed E-state index contributed by atoms with van der Waals surface area (Å²) in [6.07, 6.45) is 0. The van der Waals surface area contributed by atoms with Gasteiger partial charge in [0.25, 0.3) is 5.91 Å². The third-order valence-electron chi connectivity index (χ3n) is 3.63. The first kappa shape index (κ1) is 23.7. The molecule has 1 N–H and O–H groups in total. The Morgan fingerprint density at radius 2 is 1.65 bits per heavy atom. The maximum absolute atomic E-state index is 12.9. The molecule has 0 heterocycles. The number of benzene rings is 2. The lowest BCUT2D eigenvalue weighted by Crippen LogP contribution is -2.27. The molecule has 2 aromatic carbocycles. The van der Waals surface area contributed by atoms with Gasteiger partial charge in [0.2, 0.25) is 0 Å². The Balaban J connectivity index is 1.93. The normalized spacial score (nSPS) is 10.7. The van der Waals surface area contributed by atoms with Crippen LogP contribution < -0.4 is 14.8 Å². The molecule has 1 amide bonds. The molecule has 0 bridgehead atoms. The van der Waals surface area contributed by atoms with Crippen molar-refractivity contribution in [1.29, 1.82) is 0 Å². The van der Waals surface area contributed by atoms with Crippen LogP contribution in [0.15, 0.2) is 42.5 Å². The number of methoxy groups -OCH3 is 1. The molecule has 0 radical (unpaired) electrons. The van der Waals surface area contributed by atoms with Gasteiger partial charge in [-0.2, -0.15) is 0 Å². The van der Waals surface area contributed by atoms with Gasteiger partial charge in [-0.3, -0.25) is 4.79 Å². The van der Waals surface area contributed by atoms with Gasteiger partial charge in [-0.05, 0) is 63.2 Å². The van der Waals surface area contributed by atoms with Gasteiger partial charge >= 0.3 is 11.9 Å². The highest BCUT2D eigenvalue weighted by Gasteiger charge is 2.19. The van der Waals surface area contributed by atoms with Gasteiger partial charge in [0.1, 0.15) is 11.4 Å². The molecule has 0 aromatic heterocycles. The third-order valence-corrected chi connectivity index (χ3v) is 3.63. The Kier molecular flexibility index (Phi) is 7.95. The summed E-state index contributed by atoms with van der Waals surface area (Å²) in [6.45, 7) is 4.25. The number of hydrogen-bond acceptors (Lipinski definition) is 7. The summed E-state index contributed by atoms with van der Waals surface area (Å²) in [6, 6.07) is 9.50. The standard InChI is InChI=1S/C22H24FNO7/c1-22(2,3)31-20(26)13-30-21(27)14-5-10-17(18(11-14)28-4)29-12-19(25)24-16-8-6-15(23)7-9-16/h5-11H,12-13H2,1-4H3,(H,24,25). The second-order valence-electron chi connectivity index (χ2n) is 7.37. The summed E-state index contributed by atoms with van der Waals surface area (Å²) in [5, 5.41) is 2.56. The van der Waals surface area contributed by atoms with Crippen molar-refractivity contribution in [2.45, 2.75) is 26.4 Å². The van der Waals surface area contributed by atoms with E-state index in [0.717, 1.165) is 0 Å². The second kappa shape index (κ2) is 10.4. The molecule has 0 atom stereocenters. The van der Waals surface area contributed by atoms with Crippen LogP contribution in [-0.2, 0) is 19.1 Å². The predicted molar refractivity (Wildman–Crippen MR) is 110 cm³/mol. The van der Waals surface area contributed by atoms with Crippen LogP contribution in [-0.4, -0.2) is 43.8 Å². The fourth-order valence-electron chi connectivity index (χ4n) is 2.37. The Hall–Kier alpha value is -3.62. The monoisotopic (exact) mass is 433 g/mol. The van der Waals surface area contributed by atoms with E-state index in [-0.39, 0.29) is 23.7 Å². The highest BCUT2D eigenvalue weighted by atomic mass is 19.1. The molecule has 0 saturated carbocycles. The van der Waals surface area contributed by atoms with Crippen LogP contribution >= 0.6 is 0 Å². The van der Waals surface area contributed by atoms with E-state index in [1.807, 2.05) is 0 Å². The van der Waals surface area contributed by atoms with Crippen LogP contribution in [0.5, 0.6) is 11.5 Å². The van der Waals surface area contributed by atoms with Crippen LogP contribution in [0.3, 0.4) is 0 Å². The molecule has 31 heavy (non-hydrogen) atoms. The van der Waals surface area contributed by atoms with Gasteiger partial charge in [0, 0.05) is 5.69 Å². The Bertz CT molecular complexity index is 936. The number of esters is 2. The van der Waals surface area contributed by atoms with Gasteiger partial charge < -0.3 is 24.3 Å². The Morgan fingerprint density at radius 3 is 2.26 bits per heavy atom.